The summed E-state index contributed by atoms with van der Waals surface area (Å²) in [4.78, 5) is 19.3. The summed E-state index contributed by atoms with van der Waals surface area (Å²) in [5.41, 5.74) is 1.02. The quantitative estimate of drug-likeness (QED) is 0.876. The van der Waals surface area contributed by atoms with E-state index in [0.717, 1.165) is 32.5 Å². The fourth-order valence-electron chi connectivity index (χ4n) is 3.11. The molecule has 2 heterocycles. The number of aromatic nitrogens is 1. The summed E-state index contributed by atoms with van der Waals surface area (Å²) >= 11 is 0. The highest BCUT2D eigenvalue weighted by atomic mass is 19.1. The average Bonchev–Trinajstić information content (AvgIpc) is 2.62. The number of pyridine rings is 1. The highest BCUT2D eigenvalue weighted by molar-refractivity contribution is 5.99. The number of nitrogens with one attached hydrogen (secondary N) is 2. The van der Waals surface area contributed by atoms with Crippen LogP contribution in [0.3, 0.4) is 0 Å². The lowest BCUT2D eigenvalue weighted by atomic mass is 10.1. The van der Waals surface area contributed by atoms with Crippen LogP contribution < -0.4 is 10.6 Å². The molecule has 0 aliphatic carbocycles. The van der Waals surface area contributed by atoms with Gasteiger partial charge in [0.15, 0.2) is 0 Å². The molecule has 0 saturated carbocycles. The molecule has 132 valence electrons. The fourth-order valence-corrected chi connectivity index (χ4v) is 3.11. The first-order valence-corrected chi connectivity index (χ1v) is 8.66. The van der Waals surface area contributed by atoms with Gasteiger partial charge in [-0.25, -0.2) is 9.37 Å². The van der Waals surface area contributed by atoms with Gasteiger partial charge in [0, 0.05) is 24.5 Å². The molecule has 5 nitrogen and oxygen atoms in total. The van der Waals surface area contributed by atoms with E-state index < -0.39 is 0 Å². The van der Waals surface area contributed by atoms with Crippen molar-refractivity contribution >= 4 is 17.4 Å². The minimum absolute atomic E-state index is 0.142. The monoisotopic (exact) mass is 342 g/mol. The second-order valence-corrected chi connectivity index (χ2v) is 6.24. The Morgan fingerprint density at radius 1 is 1.36 bits per heavy atom. The number of nitrogens with zero attached hydrogens (tertiary/aromatic N) is 2. The van der Waals surface area contributed by atoms with E-state index in [1.54, 1.807) is 30.5 Å². The molecule has 6 heteroatoms. The molecular weight excluding hydrogens is 319 g/mol. The summed E-state index contributed by atoms with van der Waals surface area (Å²) < 4.78 is 13.4. The highest BCUT2D eigenvalue weighted by Crippen LogP contribution is 2.20. The van der Waals surface area contributed by atoms with Crippen LogP contribution in [0.5, 0.6) is 0 Å². The Morgan fingerprint density at radius 3 is 3.04 bits per heavy atom. The zero-order valence-electron chi connectivity index (χ0n) is 14.3. The highest BCUT2D eigenvalue weighted by Gasteiger charge is 2.22. The Hall–Kier alpha value is -2.47. The van der Waals surface area contributed by atoms with E-state index in [-0.39, 0.29) is 17.8 Å². The maximum Gasteiger partial charge on any atom is 0.255 e. The van der Waals surface area contributed by atoms with Crippen molar-refractivity contribution in [3.8, 4) is 0 Å². The number of amides is 1. The molecule has 1 atom stereocenters. The van der Waals surface area contributed by atoms with Crippen LogP contribution in [0.15, 0.2) is 42.6 Å². The minimum atomic E-state index is -0.339. The van der Waals surface area contributed by atoms with E-state index in [9.17, 15) is 9.18 Å². The number of likely N-dealkylation sites (N-methyl/N-ethyl adjacent to an activating group) is 1. The number of hydrogen-bond acceptors (Lipinski definition) is 4. The van der Waals surface area contributed by atoms with Gasteiger partial charge < -0.3 is 15.5 Å². The molecule has 1 aromatic heterocycles. The number of hydrogen-bond donors (Lipinski definition) is 2. The van der Waals surface area contributed by atoms with Gasteiger partial charge in [0.05, 0.1) is 5.56 Å². The van der Waals surface area contributed by atoms with Gasteiger partial charge in [-0.1, -0.05) is 13.0 Å². The van der Waals surface area contributed by atoms with Crippen molar-refractivity contribution in [2.75, 3.05) is 25.0 Å². The molecular formula is C19H23FN4O. The smallest absolute Gasteiger partial charge is 0.255 e. The molecule has 0 spiro atoms. The first kappa shape index (κ1) is 17.4. The second kappa shape index (κ2) is 8.07. The number of likely N-dealkylation sites (tertiary alicyclic amines) is 1. The van der Waals surface area contributed by atoms with Crippen LogP contribution >= 0.6 is 0 Å². The molecule has 1 saturated heterocycles. The summed E-state index contributed by atoms with van der Waals surface area (Å²) in [5, 5.41) is 6.13. The lowest BCUT2D eigenvalue weighted by molar-refractivity contribution is 0.0906. The minimum Gasteiger partial charge on any atom is -0.348 e. The van der Waals surface area contributed by atoms with E-state index in [2.05, 4.69) is 27.4 Å². The lowest BCUT2D eigenvalue weighted by Crippen LogP contribution is -2.47. The Bertz CT molecular complexity index is 737. The summed E-state index contributed by atoms with van der Waals surface area (Å²) in [7, 11) is 0. The van der Waals surface area contributed by atoms with Crippen LogP contribution in [0.25, 0.3) is 0 Å². The topological polar surface area (TPSA) is 57.3 Å². The van der Waals surface area contributed by atoms with Crippen LogP contribution in [0.2, 0.25) is 0 Å². The number of piperidine rings is 1. The molecule has 1 fully saturated rings. The number of carbonyl (C=O) groups excluding carboxylic acids is 1. The third-order valence-corrected chi connectivity index (χ3v) is 4.43. The Morgan fingerprint density at radius 2 is 2.24 bits per heavy atom. The van der Waals surface area contributed by atoms with E-state index in [0.29, 0.717) is 17.1 Å². The van der Waals surface area contributed by atoms with E-state index in [4.69, 9.17) is 0 Å². The molecule has 25 heavy (non-hydrogen) atoms. The lowest BCUT2D eigenvalue weighted by Gasteiger charge is -2.32. The van der Waals surface area contributed by atoms with Gasteiger partial charge in [-0.15, -0.1) is 0 Å². The maximum absolute atomic E-state index is 13.4. The van der Waals surface area contributed by atoms with Gasteiger partial charge in [-0.3, -0.25) is 4.79 Å². The van der Waals surface area contributed by atoms with Crippen molar-refractivity contribution < 1.29 is 9.18 Å². The van der Waals surface area contributed by atoms with Crippen molar-refractivity contribution in [3.05, 3.63) is 54.0 Å². The third-order valence-electron chi connectivity index (χ3n) is 4.43. The van der Waals surface area contributed by atoms with Gasteiger partial charge >= 0.3 is 0 Å². The predicted molar refractivity (Wildman–Crippen MR) is 96.5 cm³/mol. The number of benzene rings is 1. The number of halogens is 1. The standard InChI is InChI=1S/C19H23FN4O/c1-2-24-11-5-8-16(13-24)23-19(25)17-9-4-10-21-18(17)22-15-7-3-6-14(20)12-15/h3-4,6-7,9-10,12,16H,2,5,8,11,13H2,1H3,(H,21,22)(H,23,25)/t16-/m1/s1. The molecule has 0 unspecified atom stereocenters. The van der Waals surface area contributed by atoms with Crippen LogP contribution in [0.4, 0.5) is 15.9 Å². The zero-order valence-corrected chi connectivity index (χ0v) is 14.3. The summed E-state index contributed by atoms with van der Waals surface area (Å²) in [5.74, 6) is -0.0718. The van der Waals surface area contributed by atoms with E-state index in [1.807, 2.05) is 0 Å². The summed E-state index contributed by atoms with van der Waals surface area (Å²) in [6.07, 6.45) is 3.67. The SMILES string of the molecule is CCN1CCC[C@@H](NC(=O)c2cccnc2Nc2cccc(F)c2)C1. The third kappa shape index (κ3) is 4.54. The van der Waals surface area contributed by atoms with Gasteiger partial charge in [0.1, 0.15) is 11.6 Å². The normalized spacial score (nSPS) is 17.9. The first-order valence-electron chi connectivity index (χ1n) is 8.66. The van der Waals surface area contributed by atoms with E-state index in [1.165, 1.54) is 12.1 Å². The van der Waals surface area contributed by atoms with Crippen molar-refractivity contribution in [2.45, 2.75) is 25.8 Å². The van der Waals surface area contributed by atoms with Gasteiger partial charge in [-0.2, -0.15) is 0 Å². The largest absolute Gasteiger partial charge is 0.348 e. The van der Waals surface area contributed by atoms with Crippen molar-refractivity contribution in [2.24, 2.45) is 0 Å². The van der Waals surface area contributed by atoms with Crippen LogP contribution in [-0.2, 0) is 0 Å². The molecule has 0 radical (unpaired) electrons. The molecule has 1 aliphatic heterocycles. The Kier molecular flexibility index (Phi) is 5.60. The molecule has 1 aliphatic rings. The average molecular weight is 342 g/mol. The predicted octanol–water partition coefficient (Wildman–Crippen LogP) is 3.18. The molecule has 0 bridgehead atoms. The number of rotatable bonds is 5. The van der Waals surface area contributed by atoms with Crippen LogP contribution in [0, 0.1) is 5.82 Å². The Balaban J connectivity index is 1.72. The van der Waals surface area contributed by atoms with Crippen molar-refractivity contribution in [1.82, 2.24) is 15.2 Å². The summed E-state index contributed by atoms with van der Waals surface area (Å²) in [6, 6.07) is 9.69. The number of anilines is 2. The summed E-state index contributed by atoms with van der Waals surface area (Å²) in [6.45, 7) is 5.08. The van der Waals surface area contributed by atoms with E-state index >= 15 is 0 Å². The molecule has 1 aromatic carbocycles. The molecule has 1 amide bonds. The van der Waals surface area contributed by atoms with Gasteiger partial charge in [0.2, 0.25) is 0 Å². The Labute approximate surface area is 147 Å². The van der Waals surface area contributed by atoms with Crippen LogP contribution in [-0.4, -0.2) is 41.5 Å². The number of carbonyl (C=O) groups is 1. The molecule has 3 rings (SSSR count). The van der Waals surface area contributed by atoms with Gasteiger partial charge in [0.25, 0.3) is 5.91 Å². The first-order chi connectivity index (χ1) is 12.2. The van der Waals surface area contributed by atoms with Crippen molar-refractivity contribution in [1.29, 1.82) is 0 Å². The molecule has 2 N–H and O–H groups in total. The zero-order chi connectivity index (χ0) is 17.6. The maximum atomic E-state index is 13.4. The van der Waals surface area contributed by atoms with Crippen molar-refractivity contribution in [3.63, 3.8) is 0 Å². The van der Waals surface area contributed by atoms with Gasteiger partial charge in [-0.05, 0) is 56.3 Å². The van der Waals surface area contributed by atoms with Crippen LogP contribution in [0.1, 0.15) is 30.1 Å². The second-order valence-electron chi connectivity index (χ2n) is 6.24. The molecule has 2 aromatic rings. The fraction of sp³-hybridized carbons (Fsp3) is 0.368.